The third kappa shape index (κ3) is 3.81. The number of aryl methyl sites for hydroxylation is 1. The lowest BCUT2D eigenvalue weighted by atomic mass is 10.2. The number of halogens is 1. The van der Waals surface area contributed by atoms with E-state index in [9.17, 15) is 4.79 Å². The van der Waals surface area contributed by atoms with Gasteiger partial charge in [-0.05, 0) is 34.3 Å². The van der Waals surface area contributed by atoms with E-state index < -0.39 is 0 Å². The van der Waals surface area contributed by atoms with Gasteiger partial charge in [0, 0.05) is 28.2 Å². The van der Waals surface area contributed by atoms with E-state index in [4.69, 9.17) is 0 Å². The minimum Gasteiger partial charge on any atom is -0.333 e. The van der Waals surface area contributed by atoms with Gasteiger partial charge < -0.3 is 10.6 Å². The maximum absolute atomic E-state index is 11.8. The zero-order valence-corrected chi connectivity index (χ0v) is 13.1. The number of hydrogen-bond acceptors (Lipinski definition) is 3. The number of carbonyl (C=O) groups excluding carboxylic acids is 1. The van der Waals surface area contributed by atoms with E-state index >= 15 is 0 Å². The number of thiophene rings is 1. The summed E-state index contributed by atoms with van der Waals surface area (Å²) in [7, 11) is 1.85. The van der Waals surface area contributed by atoms with E-state index in [-0.39, 0.29) is 12.1 Å². The van der Waals surface area contributed by atoms with Gasteiger partial charge in [0.2, 0.25) is 0 Å². The van der Waals surface area contributed by atoms with Crippen LogP contribution in [0, 0.1) is 0 Å². The fourth-order valence-electron chi connectivity index (χ4n) is 1.61. The van der Waals surface area contributed by atoms with Crippen molar-refractivity contribution >= 4 is 33.3 Å². The normalized spacial score (nSPS) is 12.2. The number of carbonyl (C=O) groups is 1. The Morgan fingerprint density at radius 1 is 1.63 bits per heavy atom. The van der Waals surface area contributed by atoms with Gasteiger partial charge in [-0.3, -0.25) is 4.68 Å². The first-order valence-corrected chi connectivity index (χ1v) is 7.48. The topological polar surface area (TPSA) is 59.0 Å². The van der Waals surface area contributed by atoms with Crippen LogP contribution in [0.5, 0.6) is 0 Å². The summed E-state index contributed by atoms with van der Waals surface area (Å²) in [5.74, 6) is 0. The molecule has 0 fully saturated rings. The molecule has 0 radical (unpaired) electrons. The van der Waals surface area contributed by atoms with Crippen molar-refractivity contribution in [3.63, 3.8) is 0 Å². The number of aromatic nitrogens is 2. The summed E-state index contributed by atoms with van der Waals surface area (Å²) in [5.41, 5.74) is 0.981. The zero-order valence-electron chi connectivity index (χ0n) is 10.7. The molecule has 0 aromatic carbocycles. The molecule has 0 spiro atoms. The quantitative estimate of drug-likeness (QED) is 0.897. The maximum Gasteiger partial charge on any atom is 0.315 e. The highest BCUT2D eigenvalue weighted by molar-refractivity contribution is 9.10. The molecule has 19 heavy (non-hydrogen) atoms. The van der Waals surface area contributed by atoms with Crippen LogP contribution in [0.1, 0.15) is 23.4 Å². The summed E-state index contributed by atoms with van der Waals surface area (Å²) < 4.78 is 2.74. The summed E-state index contributed by atoms with van der Waals surface area (Å²) in [5, 5.41) is 11.8. The summed E-state index contributed by atoms with van der Waals surface area (Å²) >= 11 is 5.04. The van der Waals surface area contributed by atoms with Crippen molar-refractivity contribution in [2.24, 2.45) is 7.05 Å². The molecule has 0 unspecified atom stereocenters. The van der Waals surface area contributed by atoms with Crippen molar-refractivity contribution in [2.45, 2.75) is 19.5 Å². The predicted octanol–water partition coefficient (Wildman–Crippen LogP) is 2.80. The number of urea groups is 1. The SMILES string of the molecule is C[C@H](NC(=O)NCc1sccc1Br)c1cnn(C)c1. The average molecular weight is 343 g/mol. The van der Waals surface area contributed by atoms with Gasteiger partial charge >= 0.3 is 6.03 Å². The van der Waals surface area contributed by atoms with Crippen molar-refractivity contribution < 1.29 is 4.79 Å². The Morgan fingerprint density at radius 2 is 2.42 bits per heavy atom. The summed E-state index contributed by atoms with van der Waals surface area (Å²) in [6.07, 6.45) is 3.64. The molecule has 0 saturated carbocycles. The van der Waals surface area contributed by atoms with E-state index in [0.29, 0.717) is 6.54 Å². The third-order valence-electron chi connectivity index (χ3n) is 2.67. The minimum atomic E-state index is -0.184. The monoisotopic (exact) mass is 342 g/mol. The summed E-state index contributed by atoms with van der Waals surface area (Å²) in [6, 6.07) is 1.72. The molecular formula is C12H15BrN4OS. The van der Waals surface area contributed by atoms with Crippen LogP contribution in [0.15, 0.2) is 28.3 Å². The summed E-state index contributed by atoms with van der Waals surface area (Å²) in [6.45, 7) is 2.45. The summed E-state index contributed by atoms with van der Waals surface area (Å²) in [4.78, 5) is 12.9. The van der Waals surface area contributed by atoms with E-state index in [2.05, 4.69) is 31.7 Å². The highest BCUT2D eigenvalue weighted by Crippen LogP contribution is 2.22. The number of nitrogens with one attached hydrogen (secondary N) is 2. The molecule has 0 aliphatic carbocycles. The van der Waals surface area contributed by atoms with Crippen LogP contribution >= 0.6 is 27.3 Å². The largest absolute Gasteiger partial charge is 0.333 e. The lowest BCUT2D eigenvalue weighted by molar-refractivity contribution is 0.237. The molecular weight excluding hydrogens is 328 g/mol. The molecule has 2 aromatic rings. The van der Waals surface area contributed by atoms with Gasteiger partial charge in [0.25, 0.3) is 0 Å². The van der Waals surface area contributed by atoms with E-state index in [1.54, 1.807) is 22.2 Å². The molecule has 2 rings (SSSR count). The van der Waals surface area contributed by atoms with Crippen molar-refractivity contribution in [3.05, 3.63) is 38.8 Å². The van der Waals surface area contributed by atoms with Crippen LogP contribution < -0.4 is 10.6 Å². The molecule has 5 nitrogen and oxygen atoms in total. The number of hydrogen-bond donors (Lipinski definition) is 2. The number of nitrogens with zero attached hydrogens (tertiary/aromatic N) is 2. The van der Waals surface area contributed by atoms with E-state index in [0.717, 1.165) is 14.9 Å². The highest BCUT2D eigenvalue weighted by atomic mass is 79.9. The van der Waals surface area contributed by atoms with Crippen molar-refractivity contribution in [3.8, 4) is 0 Å². The number of rotatable bonds is 4. The Bertz CT molecular complexity index is 566. The molecule has 1 atom stereocenters. The smallest absolute Gasteiger partial charge is 0.315 e. The van der Waals surface area contributed by atoms with Gasteiger partial charge in [-0.25, -0.2) is 4.79 Å². The molecule has 2 heterocycles. The Morgan fingerprint density at radius 3 is 3.00 bits per heavy atom. The molecule has 2 N–H and O–H groups in total. The van der Waals surface area contributed by atoms with Gasteiger partial charge in [-0.15, -0.1) is 11.3 Å². The van der Waals surface area contributed by atoms with Crippen LogP contribution in [-0.4, -0.2) is 15.8 Å². The Labute approximate surface area is 124 Å². The van der Waals surface area contributed by atoms with Crippen LogP contribution in [0.4, 0.5) is 4.79 Å². The first-order valence-electron chi connectivity index (χ1n) is 5.81. The Balaban J connectivity index is 1.83. The van der Waals surface area contributed by atoms with Gasteiger partial charge in [-0.1, -0.05) is 0 Å². The molecule has 2 amide bonds. The van der Waals surface area contributed by atoms with Crippen LogP contribution in [0.25, 0.3) is 0 Å². The molecule has 0 aliphatic heterocycles. The fourth-order valence-corrected chi connectivity index (χ4v) is 3.04. The molecule has 0 bridgehead atoms. The van der Waals surface area contributed by atoms with E-state index in [1.807, 2.05) is 31.6 Å². The average Bonchev–Trinajstić information content (AvgIpc) is 2.95. The molecule has 7 heteroatoms. The van der Waals surface area contributed by atoms with Crippen LogP contribution in [0.2, 0.25) is 0 Å². The Kier molecular flexibility index (Phi) is 4.60. The van der Waals surface area contributed by atoms with E-state index in [1.165, 1.54) is 0 Å². The standard InChI is InChI=1S/C12H15BrN4OS/c1-8(9-5-15-17(2)7-9)16-12(18)14-6-11-10(13)3-4-19-11/h3-5,7-8H,6H2,1-2H3,(H2,14,16,18)/t8-/m0/s1. The molecule has 0 saturated heterocycles. The lowest BCUT2D eigenvalue weighted by Gasteiger charge is -2.12. The minimum absolute atomic E-state index is 0.0690. The molecule has 0 aliphatic rings. The van der Waals surface area contributed by atoms with Crippen molar-refractivity contribution in [1.29, 1.82) is 0 Å². The second-order valence-electron chi connectivity index (χ2n) is 4.19. The first kappa shape index (κ1) is 14.1. The van der Waals surface area contributed by atoms with Gasteiger partial charge in [0.1, 0.15) is 0 Å². The second-order valence-corrected chi connectivity index (χ2v) is 6.04. The van der Waals surface area contributed by atoms with Gasteiger partial charge in [-0.2, -0.15) is 5.10 Å². The zero-order chi connectivity index (χ0) is 13.8. The van der Waals surface area contributed by atoms with Crippen LogP contribution in [-0.2, 0) is 13.6 Å². The van der Waals surface area contributed by atoms with Crippen molar-refractivity contribution in [2.75, 3.05) is 0 Å². The third-order valence-corrected chi connectivity index (χ3v) is 4.60. The van der Waals surface area contributed by atoms with Gasteiger partial charge in [0.15, 0.2) is 0 Å². The lowest BCUT2D eigenvalue weighted by Crippen LogP contribution is -2.36. The highest BCUT2D eigenvalue weighted by Gasteiger charge is 2.11. The van der Waals surface area contributed by atoms with Gasteiger partial charge in [0.05, 0.1) is 18.8 Å². The number of amides is 2. The maximum atomic E-state index is 11.8. The van der Waals surface area contributed by atoms with Crippen molar-refractivity contribution in [1.82, 2.24) is 20.4 Å². The second kappa shape index (κ2) is 6.21. The predicted molar refractivity (Wildman–Crippen MR) is 79.0 cm³/mol. The first-order chi connectivity index (χ1) is 9.06. The molecule has 102 valence electrons. The molecule has 2 aromatic heterocycles. The fraction of sp³-hybridized carbons (Fsp3) is 0.333. The van der Waals surface area contributed by atoms with Crippen LogP contribution in [0.3, 0.4) is 0 Å². The Hall–Kier alpha value is -1.34.